The molecule has 0 saturated heterocycles. The molecular weight excluding hydrogens is 176 g/mol. The fourth-order valence-corrected chi connectivity index (χ4v) is 1.93. The van der Waals surface area contributed by atoms with Crippen LogP contribution in [0, 0.1) is 0 Å². The van der Waals surface area contributed by atoms with E-state index < -0.39 is 0 Å². The van der Waals surface area contributed by atoms with Crippen molar-refractivity contribution in [2.45, 2.75) is 45.6 Å². The summed E-state index contributed by atoms with van der Waals surface area (Å²) >= 11 is 0. The molecule has 0 fully saturated rings. The fourth-order valence-electron chi connectivity index (χ4n) is 1.93. The zero-order valence-corrected chi connectivity index (χ0v) is 8.79. The van der Waals surface area contributed by atoms with E-state index in [0.717, 1.165) is 37.2 Å². The molecule has 0 amide bonds. The molecule has 3 heteroatoms. The predicted molar refractivity (Wildman–Crippen MR) is 55.5 cm³/mol. The molecule has 0 N–H and O–H groups in total. The lowest BCUT2D eigenvalue weighted by molar-refractivity contribution is 0.647. The van der Waals surface area contributed by atoms with Gasteiger partial charge in [0.25, 0.3) is 5.56 Å². The van der Waals surface area contributed by atoms with Gasteiger partial charge in [-0.1, -0.05) is 13.8 Å². The zero-order valence-electron chi connectivity index (χ0n) is 8.79. The number of nitrogens with zero attached hydrogens (tertiary/aromatic N) is 2. The molecule has 1 aliphatic heterocycles. The number of aromatic nitrogens is 2. The topological polar surface area (TPSA) is 34.9 Å². The number of fused-ring (bicyclic) bond motifs is 1. The molecule has 0 aromatic carbocycles. The quantitative estimate of drug-likeness (QED) is 0.715. The van der Waals surface area contributed by atoms with Gasteiger partial charge in [-0.2, -0.15) is 0 Å². The van der Waals surface area contributed by atoms with E-state index in [1.54, 1.807) is 0 Å². The van der Waals surface area contributed by atoms with Gasteiger partial charge in [0.05, 0.1) is 0 Å². The second-order valence-corrected chi connectivity index (χ2v) is 4.00. The minimum Gasteiger partial charge on any atom is -0.310 e. The van der Waals surface area contributed by atoms with Gasteiger partial charge in [-0.15, -0.1) is 0 Å². The average molecular weight is 192 g/mol. The predicted octanol–water partition coefficient (Wildman–Crippen LogP) is 1.70. The highest BCUT2D eigenvalue weighted by atomic mass is 16.1. The van der Waals surface area contributed by atoms with E-state index >= 15 is 0 Å². The minimum atomic E-state index is 0.134. The summed E-state index contributed by atoms with van der Waals surface area (Å²) in [5.74, 6) is 0.279. The SMILES string of the molecule is CCC(C)c1ncc2n(c1=O)CCC2. The van der Waals surface area contributed by atoms with E-state index in [4.69, 9.17) is 0 Å². The largest absolute Gasteiger partial charge is 0.310 e. The summed E-state index contributed by atoms with van der Waals surface area (Å²) in [6.07, 6.45) is 4.93. The molecule has 0 saturated carbocycles. The molecule has 2 heterocycles. The molecule has 1 atom stereocenters. The van der Waals surface area contributed by atoms with Crippen LogP contribution in [0.2, 0.25) is 0 Å². The van der Waals surface area contributed by atoms with Gasteiger partial charge in [0.15, 0.2) is 0 Å². The van der Waals surface area contributed by atoms with Gasteiger partial charge in [-0.05, 0) is 19.3 Å². The molecule has 1 aromatic heterocycles. The van der Waals surface area contributed by atoms with Crippen LogP contribution in [0.4, 0.5) is 0 Å². The molecule has 76 valence electrons. The molecule has 1 aromatic rings. The third kappa shape index (κ3) is 1.37. The van der Waals surface area contributed by atoms with Crippen LogP contribution >= 0.6 is 0 Å². The molecule has 14 heavy (non-hydrogen) atoms. The van der Waals surface area contributed by atoms with Crippen molar-refractivity contribution in [3.63, 3.8) is 0 Å². The zero-order chi connectivity index (χ0) is 10.1. The van der Waals surface area contributed by atoms with Crippen molar-refractivity contribution in [1.29, 1.82) is 0 Å². The van der Waals surface area contributed by atoms with Crippen molar-refractivity contribution in [3.8, 4) is 0 Å². The number of hydrogen-bond donors (Lipinski definition) is 0. The highest BCUT2D eigenvalue weighted by Gasteiger charge is 2.17. The van der Waals surface area contributed by atoms with Crippen LogP contribution in [-0.4, -0.2) is 9.55 Å². The minimum absolute atomic E-state index is 0.134. The standard InChI is InChI=1S/C11H16N2O/c1-3-8(2)10-11(14)13-6-4-5-9(13)7-12-10/h7-8H,3-6H2,1-2H3. The molecule has 0 radical (unpaired) electrons. The molecule has 0 spiro atoms. The second-order valence-electron chi connectivity index (χ2n) is 4.00. The highest BCUT2D eigenvalue weighted by Crippen LogP contribution is 2.15. The Labute approximate surface area is 83.8 Å². The van der Waals surface area contributed by atoms with Crippen LogP contribution in [0.5, 0.6) is 0 Å². The van der Waals surface area contributed by atoms with Crippen molar-refractivity contribution in [1.82, 2.24) is 9.55 Å². The highest BCUT2D eigenvalue weighted by molar-refractivity contribution is 5.11. The fraction of sp³-hybridized carbons (Fsp3) is 0.636. The number of aryl methyl sites for hydroxylation is 1. The van der Waals surface area contributed by atoms with E-state index in [9.17, 15) is 4.79 Å². The van der Waals surface area contributed by atoms with Gasteiger partial charge in [0, 0.05) is 24.4 Å². The summed E-state index contributed by atoms with van der Waals surface area (Å²) in [6, 6.07) is 0. The summed E-state index contributed by atoms with van der Waals surface area (Å²) in [6.45, 7) is 5.02. The summed E-state index contributed by atoms with van der Waals surface area (Å²) in [5, 5.41) is 0. The van der Waals surface area contributed by atoms with Crippen LogP contribution in [0.1, 0.15) is 44.0 Å². The monoisotopic (exact) mass is 192 g/mol. The van der Waals surface area contributed by atoms with Crippen molar-refractivity contribution in [2.24, 2.45) is 0 Å². The van der Waals surface area contributed by atoms with E-state index in [1.807, 2.05) is 10.8 Å². The molecule has 0 bridgehead atoms. The maximum absolute atomic E-state index is 12.0. The van der Waals surface area contributed by atoms with Crippen molar-refractivity contribution in [2.75, 3.05) is 0 Å². The van der Waals surface area contributed by atoms with Crippen molar-refractivity contribution in [3.05, 3.63) is 27.9 Å². The maximum atomic E-state index is 12.0. The summed E-state index contributed by atoms with van der Waals surface area (Å²) in [5.41, 5.74) is 1.97. The number of rotatable bonds is 2. The van der Waals surface area contributed by atoms with E-state index in [1.165, 1.54) is 0 Å². The van der Waals surface area contributed by atoms with Gasteiger partial charge in [0.2, 0.25) is 0 Å². The Bertz CT molecular complexity index is 395. The number of hydrogen-bond acceptors (Lipinski definition) is 2. The maximum Gasteiger partial charge on any atom is 0.272 e. The molecule has 1 aliphatic rings. The Morgan fingerprint density at radius 1 is 1.64 bits per heavy atom. The first-order chi connectivity index (χ1) is 6.74. The Hall–Kier alpha value is -1.12. The Morgan fingerprint density at radius 2 is 2.43 bits per heavy atom. The molecule has 2 rings (SSSR count). The van der Waals surface area contributed by atoms with Crippen LogP contribution in [-0.2, 0) is 13.0 Å². The van der Waals surface area contributed by atoms with Crippen LogP contribution in [0.15, 0.2) is 11.0 Å². The van der Waals surface area contributed by atoms with Crippen molar-refractivity contribution >= 4 is 0 Å². The van der Waals surface area contributed by atoms with Crippen LogP contribution in [0.3, 0.4) is 0 Å². The van der Waals surface area contributed by atoms with Gasteiger partial charge < -0.3 is 4.57 Å². The first-order valence-electron chi connectivity index (χ1n) is 5.32. The molecular formula is C11H16N2O. The Morgan fingerprint density at radius 3 is 3.14 bits per heavy atom. The van der Waals surface area contributed by atoms with Crippen LogP contribution in [0.25, 0.3) is 0 Å². The summed E-state index contributed by atoms with van der Waals surface area (Å²) < 4.78 is 1.88. The summed E-state index contributed by atoms with van der Waals surface area (Å²) in [4.78, 5) is 16.2. The normalized spacial score (nSPS) is 16.7. The second kappa shape index (κ2) is 3.56. The van der Waals surface area contributed by atoms with Crippen molar-refractivity contribution < 1.29 is 0 Å². The van der Waals surface area contributed by atoms with Gasteiger partial charge in [-0.3, -0.25) is 9.78 Å². The van der Waals surface area contributed by atoms with Gasteiger partial charge in [-0.25, -0.2) is 0 Å². The van der Waals surface area contributed by atoms with E-state index in [2.05, 4.69) is 18.8 Å². The average Bonchev–Trinajstić information content (AvgIpc) is 2.66. The first-order valence-corrected chi connectivity index (χ1v) is 5.32. The lowest BCUT2D eigenvalue weighted by atomic mass is 10.1. The van der Waals surface area contributed by atoms with Gasteiger partial charge >= 0.3 is 0 Å². The molecule has 3 nitrogen and oxygen atoms in total. The Balaban J connectivity index is 2.50. The lowest BCUT2D eigenvalue weighted by Gasteiger charge is -2.09. The molecule has 0 aliphatic carbocycles. The first kappa shape index (κ1) is 9.44. The molecule has 1 unspecified atom stereocenters. The third-order valence-electron chi connectivity index (χ3n) is 3.06. The Kier molecular flexibility index (Phi) is 2.40. The van der Waals surface area contributed by atoms with Crippen LogP contribution < -0.4 is 5.56 Å². The lowest BCUT2D eigenvalue weighted by Crippen LogP contribution is -2.25. The smallest absolute Gasteiger partial charge is 0.272 e. The third-order valence-corrected chi connectivity index (χ3v) is 3.06. The van der Waals surface area contributed by atoms with E-state index in [0.29, 0.717) is 0 Å². The summed E-state index contributed by atoms with van der Waals surface area (Å²) in [7, 11) is 0. The van der Waals surface area contributed by atoms with Gasteiger partial charge in [0.1, 0.15) is 5.69 Å². The van der Waals surface area contributed by atoms with E-state index in [-0.39, 0.29) is 11.5 Å².